The highest BCUT2D eigenvalue weighted by Gasteiger charge is 2.57. The van der Waals surface area contributed by atoms with Crippen LogP contribution in [0.3, 0.4) is 0 Å². The standard InChI is InChI=1S/C22H31F5N4O4S/c1-2-30-13-9-20(10-14-30,19(32)29-33)36(34,35)31-11-6-17(7-12-31)18-4-3-16(15-28-18)5-8-21(23,24)22(25,26)27/h3-4,15,17,33H,2,5-14H2,1H3,(H,29,32). The van der Waals surface area contributed by atoms with E-state index in [0.29, 0.717) is 31.6 Å². The predicted molar refractivity (Wildman–Crippen MR) is 120 cm³/mol. The predicted octanol–water partition coefficient (Wildman–Crippen LogP) is 3.08. The van der Waals surface area contributed by atoms with Crippen molar-refractivity contribution in [3.8, 4) is 0 Å². The van der Waals surface area contributed by atoms with E-state index >= 15 is 0 Å². The van der Waals surface area contributed by atoms with Crippen LogP contribution in [-0.2, 0) is 21.2 Å². The summed E-state index contributed by atoms with van der Waals surface area (Å²) in [4.78, 5) is 18.8. The van der Waals surface area contributed by atoms with E-state index in [1.807, 2.05) is 11.8 Å². The van der Waals surface area contributed by atoms with Crippen molar-refractivity contribution in [1.82, 2.24) is 19.7 Å². The van der Waals surface area contributed by atoms with E-state index in [1.54, 1.807) is 6.07 Å². The van der Waals surface area contributed by atoms with Gasteiger partial charge in [0.25, 0.3) is 5.91 Å². The summed E-state index contributed by atoms with van der Waals surface area (Å²) in [7, 11) is -4.08. The molecule has 1 amide bonds. The van der Waals surface area contributed by atoms with Crippen molar-refractivity contribution in [2.75, 3.05) is 32.7 Å². The number of aromatic nitrogens is 1. The SMILES string of the molecule is CCN1CCC(C(=O)NO)(S(=O)(=O)N2CCC(c3ccc(CCC(F)(F)C(F)(F)F)cn3)CC2)CC1. The first-order valence-electron chi connectivity index (χ1n) is 11.8. The molecule has 0 atom stereocenters. The number of hydrogen-bond donors (Lipinski definition) is 2. The lowest BCUT2D eigenvalue weighted by Gasteiger charge is -2.43. The lowest BCUT2D eigenvalue weighted by molar-refractivity contribution is -0.284. The van der Waals surface area contributed by atoms with Crippen LogP contribution in [0.25, 0.3) is 0 Å². The summed E-state index contributed by atoms with van der Waals surface area (Å²) in [5.74, 6) is -5.85. The summed E-state index contributed by atoms with van der Waals surface area (Å²) in [6, 6.07) is 3.02. The monoisotopic (exact) mass is 542 g/mol. The molecule has 0 aliphatic carbocycles. The van der Waals surface area contributed by atoms with Crippen LogP contribution < -0.4 is 5.48 Å². The van der Waals surface area contributed by atoms with Crippen LogP contribution in [0.15, 0.2) is 18.3 Å². The third-order valence-corrected chi connectivity index (χ3v) is 9.95. The molecule has 0 unspecified atom stereocenters. The molecule has 0 spiro atoms. The molecular weight excluding hydrogens is 511 g/mol. The second-order valence-electron chi connectivity index (χ2n) is 9.34. The van der Waals surface area contributed by atoms with Gasteiger partial charge in [-0.15, -0.1) is 0 Å². The first kappa shape index (κ1) is 28.7. The van der Waals surface area contributed by atoms with Gasteiger partial charge in [-0.1, -0.05) is 13.0 Å². The van der Waals surface area contributed by atoms with E-state index in [4.69, 9.17) is 0 Å². The average molecular weight is 543 g/mol. The van der Waals surface area contributed by atoms with Gasteiger partial charge in [-0.2, -0.15) is 22.0 Å². The Bertz CT molecular complexity index is 1000. The minimum Gasteiger partial charge on any atom is -0.303 e. The molecule has 1 aromatic rings. The van der Waals surface area contributed by atoms with Crippen LogP contribution in [0.1, 0.15) is 56.2 Å². The molecule has 1 aromatic heterocycles. The Balaban J connectivity index is 1.63. The number of hydrogen-bond acceptors (Lipinski definition) is 6. The molecule has 2 aliphatic heterocycles. The van der Waals surface area contributed by atoms with E-state index in [1.165, 1.54) is 22.0 Å². The highest BCUT2D eigenvalue weighted by atomic mass is 32.2. The molecule has 0 saturated carbocycles. The number of halogens is 5. The smallest absolute Gasteiger partial charge is 0.303 e. The zero-order valence-electron chi connectivity index (χ0n) is 19.9. The fraction of sp³-hybridized carbons (Fsp3) is 0.727. The number of carbonyl (C=O) groups excluding carboxylic acids is 1. The van der Waals surface area contributed by atoms with Crippen molar-refractivity contribution in [1.29, 1.82) is 0 Å². The Morgan fingerprint density at radius 3 is 2.22 bits per heavy atom. The number of likely N-dealkylation sites (tertiary alicyclic amines) is 1. The Hall–Kier alpha value is -1.90. The fourth-order valence-corrected chi connectivity index (χ4v) is 7.01. The number of piperidine rings is 2. The van der Waals surface area contributed by atoms with Crippen LogP contribution in [0, 0.1) is 0 Å². The van der Waals surface area contributed by atoms with Crippen LogP contribution >= 0.6 is 0 Å². The van der Waals surface area contributed by atoms with Gasteiger partial charge in [0.15, 0.2) is 4.75 Å². The van der Waals surface area contributed by atoms with Crippen molar-refractivity contribution in [3.63, 3.8) is 0 Å². The minimum atomic E-state index is -5.60. The van der Waals surface area contributed by atoms with Gasteiger partial charge in [-0.3, -0.25) is 15.0 Å². The molecule has 2 saturated heterocycles. The topological polar surface area (TPSA) is 103 Å². The van der Waals surface area contributed by atoms with Crippen molar-refractivity contribution in [2.24, 2.45) is 0 Å². The Morgan fingerprint density at radius 2 is 1.75 bits per heavy atom. The molecule has 3 heterocycles. The number of aryl methyl sites for hydroxylation is 1. The molecule has 8 nitrogen and oxygen atoms in total. The number of hydroxylamine groups is 1. The molecular formula is C22H31F5N4O4S. The second kappa shape index (κ2) is 10.8. The van der Waals surface area contributed by atoms with Crippen LogP contribution in [0.2, 0.25) is 0 Å². The number of sulfonamides is 1. The largest absolute Gasteiger partial charge is 0.453 e. The number of nitrogens with one attached hydrogen (secondary N) is 1. The fourth-order valence-electron chi connectivity index (χ4n) is 4.84. The van der Waals surface area contributed by atoms with E-state index in [-0.39, 0.29) is 37.4 Å². The van der Waals surface area contributed by atoms with Crippen molar-refractivity contribution < 1.29 is 40.4 Å². The van der Waals surface area contributed by atoms with Crippen molar-refractivity contribution in [2.45, 2.75) is 68.2 Å². The maximum atomic E-state index is 13.5. The summed E-state index contributed by atoms with van der Waals surface area (Å²) in [5, 5.41) is 9.27. The molecule has 2 N–H and O–H groups in total. The molecule has 36 heavy (non-hydrogen) atoms. The molecule has 0 bridgehead atoms. The van der Waals surface area contributed by atoms with Gasteiger partial charge in [-0.25, -0.2) is 18.2 Å². The van der Waals surface area contributed by atoms with Gasteiger partial charge in [0.2, 0.25) is 10.0 Å². The third-order valence-electron chi connectivity index (χ3n) is 7.32. The molecule has 3 rings (SSSR count). The summed E-state index contributed by atoms with van der Waals surface area (Å²) in [6.07, 6.45) is -5.26. The first-order chi connectivity index (χ1) is 16.8. The van der Waals surface area contributed by atoms with Gasteiger partial charge in [0.05, 0.1) is 0 Å². The summed E-state index contributed by atoms with van der Waals surface area (Å²) >= 11 is 0. The molecule has 0 aromatic carbocycles. The quantitative estimate of drug-likeness (QED) is 0.297. The van der Waals surface area contributed by atoms with Crippen LogP contribution in [0.4, 0.5) is 22.0 Å². The zero-order chi connectivity index (χ0) is 26.8. The summed E-state index contributed by atoms with van der Waals surface area (Å²) < 4.78 is 90.0. The molecule has 0 radical (unpaired) electrons. The van der Waals surface area contributed by atoms with Crippen LogP contribution in [0.5, 0.6) is 0 Å². The minimum absolute atomic E-state index is 0.0614. The Morgan fingerprint density at radius 1 is 1.14 bits per heavy atom. The Labute approximate surface area is 206 Å². The number of pyridine rings is 1. The zero-order valence-corrected chi connectivity index (χ0v) is 20.7. The molecule has 14 heteroatoms. The lowest BCUT2D eigenvalue weighted by atomic mass is 9.93. The maximum absolute atomic E-state index is 13.5. The van der Waals surface area contributed by atoms with Crippen LogP contribution in [-0.4, -0.2) is 83.3 Å². The van der Waals surface area contributed by atoms with E-state index in [2.05, 4.69) is 4.98 Å². The number of rotatable bonds is 8. The van der Waals surface area contributed by atoms with Gasteiger partial charge < -0.3 is 4.90 Å². The molecule has 204 valence electrons. The molecule has 2 fully saturated rings. The Kier molecular flexibility index (Phi) is 8.63. The molecule has 2 aliphatic rings. The summed E-state index contributed by atoms with van der Waals surface area (Å²) in [5.41, 5.74) is 2.38. The number of amides is 1. The van der Waals surface area contributed by atoms with Gasteiger partial charge >= 0.3 is 12.1 Å². The second-order valence-corrected chi connectivity index (χ2v) is 11.6. The maximum Gasteiger partial charge on any atom is 0.453 e. The van der Waals surface area contributed by atoms with Gasteiger partial charge in [-0.05, 0) is 50.3 Å². The van der Waals surface area contributed by atoms with Crippen molar-refractivity contribution >= 4 is 15.9 Å². The summed E-state index contributed by atoms with van der Waals surface area (Å²) in [6.45, 7) is 3.74. The van der Waals surface area contributed by atoms with E-state index in [9.17, 15) is 40.4 Å². The average Bonchev–Trinajstić information content (AvgIpc) is 2.86. The lowest BCUT2D eigenvalue weighted by Crippen LogP contribution is -2.62. The first-order valence-corrected chi connectivity index (χ1v) is 13.3. The van der Waals surface area contributed by atoms with Crippen molar-refractivity contribution in [3.05, 3.63) is 29.6 Å². The van der Waals surface area contributed by atoms with Gasteiger partial charge in [0.1, 0.15) is 0 Å². The van der Waals surface area contributed by atoms with E-state index in [0.717, 1.165) is 6.54 Å². The number of nitrogens with zero attached hydrogens (tertiary/aromatic N) is 3. The number of carbonyl (C=O) groups is 1. The highest BCUT2D eigenvalue weighted by Crippen LogP contribution is 2.39. The van der Waals surface area contributed by atoms with E-state index < -0.39 is 45.6 Å². The normalized spacial score (nSPS) is 20.9. The van der Waals surface area contributed by atoms with Gasteiger partial charge in [0, 0.05) is 50.4 Å². The third kappa shape index (κ3) is 5.65. The highest BCUT2D eigenvalue weighted by molar-refractivity contribution is 7.91. The number of alkyl halides is 5.